The molecule has 1 aliphatic rings. The molecule has 3 rings (SSSR count). The maximum absolute atomic E-state index is 6.11. The zero-order valence-electron chi connectivity index (χ0n) is 12.7. The van der Waals surface area contributed by atoms with Crippen LogP contribution in [0.2, 0.25) is 0 Å². The van der Waals surface area contributed by atoms with Crippen LogP contribution in [-0.2, 0) is 6.42 Å². The van der Waals surface area contributed by atoms with E-state index in [4.69, 9.17) is 10.5 Å². The molecule has 3 nitrogen and oxygen atoms in total. The largest absolute Gasteiger partial charge is 0.491 e. The van der Waals surface area contributed by atoms with E-state index < -0.39 is 0 Å². The standard InChI is InChI=1S/C18H22N2O/c1-13-6-7-14(2)17(12-13)21-11-10-20-9-8-15-4-3-5-16(19)18(15)20/h3-7,12H,8-11,19H2,1-2H3. The van der Waals surface area contributed by atoms with Crippen molar-refractivity contribution in [3.63, 3.8) is 0 Å². The molecule has 110 valence electrons. The van der Waals surface area contributed by atoms with Gasteiger partial charge in [-0.25, -0.2) is 0 Å². The summed E-state index contributed by atoms with van der Waals surface area (Å²) in [5.41, 5.74) is 11.9. The van der Waals surface area contributed by atoms with Gasteiger partial charge in [-0.2, -0.15) is 0 Å². The molecule has 21 heavy (non-hydrogen) atoms. The Bertz CT molecular complexity index is 652. The predicted molar refractivity (Wildman–Crippen MR) is 88.2 cm³/mol. The number of ether oxygens (including phenoxy) is 1. The Morgan fingerprint density at radius 1 is 1.19 bits per heavy atom. The molecule has 0 spiro atoms. The van der Waals surface area contributed by atoms with Crippen molar-refractivity contribution in [2.75, 3.05) is 30.3 Å². The molecular weight excluding hydrogens is 260 g/mol. The van der Waals surface area contributed by atoms with Gasteiger partial charge in [0.25, 0.3) is 0 Å². The molecule has 0 unspecified atom stereocenters. The number of hydrogen-bond donors (Lipinski definition) is 1. The molecule has 0 fully saturated rings. The summed E-state index contributed by atoms with van der Waals surface area (Å²) in [6.07, 6.45) is 1.07. The van der Waals surface area contributed by atoms with E-state index in [2.05, 4.69) is 43.0 Å². The van der Waals surface area contributed by atoms with Gasteiger partial charge < -0.3 is 15.4 Å². The van der Waals surface area contributed by atoms with Crippen molar-refractivity contribution >= 4 is 11.4 Å². The van der Waals surface area contributed by atoms with Crippen LogP contribution in [0.3, 0.4) is 0 Å². The lowest BCUT2D eigenvalue weighted by Gasteiger charge is -2.21. The molecule has 0 aromatic heterocycles. The van der Waals surface area contributed by atoms with E-state index in [0.717, 1.165) is 30.9 Å². The first-order chi connectivity index (χ1) is 10.1. The maximum atomic E-state index is 6.11. The molecule has 2 N–H and O–H groups in total. The zero-order chi connectivity index (χ0) is 14.8. The summed E-state index contributed by atoms with van der Waals surface area (Å²) in [7, 11) is 0. The summed E-state index contributed by atoms with van der Waals surface area (Å²) in [5.74, 6) is 0.982. The summed E-state index contributed by atoms with van der Waals surface area (Å²) in [4.78, 5) is 2.33. The van der Waals surface area contributed by atoms with Crippen molar-refractivity contribution in [1.82, 2.24) is 0 Å². The SMILES string of the molecule is Cc1ccc(C)c(OCCN2CCc3cccc(N)c32)c1. The summed E-state index contributed by atoms with van der Waals surface area (Å²) in [6, 6.07) is 12.5. The Kier molecular flexibility index (Phi) is 3.74. The lowest BCUT2D eigenvalue weighted by Crippen LogP contribution is -2.27. The van der Waals surface area contributed by atoms with Gasteiger partial charge in [0.1, 0.15) is 12.4 Å². The summed E-state index contributed by atoms with van der Waals surface area (Å²) in [5, 5.41) is 0. The number of benzene rings is 2. The molecule has 2 aromatic carbocycles. The van der Waals surface area contributed by atoms with Gasteiger partial charge in [-0.1, -0.05) is 24.3 Å². The Labute approximate surface area is 126 Å². The predicted octanol–water partition coefficient (Wildman–Crippen LogP) is 3.33. The second kappa shape index (κ2) is 5.68. The molecule has 3 heteroatoms. The fourth-order valence-corrected chi connectivity index (χ4v) is 2.92. The average molecular weight is 282 g/mol. The van der Waals surface area contributed by atoms with Crippen LogP contribution in [0.1, 0.15) is 16.7 Å². The second-order valence-electron chi connectivity index (χ2n) is 5.71. The average Bonchev–Trinajstić information content (AvgIpc) is 2.87. The first-order valence-corrected chi connectivity index (χ1v) is 7.47. The monoisotopic (exact) mass is 282 g/mol. The molecule has 0 saturated carbocycles. The number of rotatable bonds is 4. The van der Waals surface area contributed by atoms with E-state index in [1.54, 1.807) is 0 Å². The number of fused-ring (bicyclic) bond motifs is 1. The van der Waals surface area contributed by atoms with Crippen LogP contribution in [0.4, 0.5) is 11.4 Å². The van der Waals surface area contributed by atoms with Gasteiger partial charge in [0.05, 0.1) is 17.9 Å². The molecule has 0 amide bonds. The van der Waals surface area contributed by atoms with Crippen LogP contribution in [-0.4, -0.2) is 19.7 Å². The van der Waals surface area contributed by atoms with E-state index in [-0.39, 0.29) is 0 Å². The Balaban J connectivity index is 1.64. The van der Waals surface area contributed by atoms with Crippen LogP contribution in [0, 0.1) is 13.8 Å². The number of nitrogens with zero attached hydrogens (tertiary/aromatic N) is 1. The van der Waals surface area contributed by atoms with Gasteiger partial charge in [-0.05, 0) is 49.1 Å². The number of nitrogen functional groups attached to an aromatic ring is 1. The van der Waals surface area contributed by atoms with Crippen molar-refractivity contribution in [1.29, 1.82) is 0 Å². The molecule has 0 radical (unpaired) electrons. The third-order valence-corrected chi connectivity index (χ3v) is 4.08. The van der Waals surface area contributed by atoms with Gasteiger partial charge >= 0.3 is 0 Å². The number of hydrogen-bond acceptors (Lipinski definition) is 3. The first kappa shape index (κ1) is 13.8. The Morgan fingerprint density at radius 2 is 2.05 bits per heavy atom. The summed E-state index contributed by atoms with van der Waals surface area (Å²) < 4.78 is 5.95. The molecule has 0 bridgehead atoms. The highest BCUT2D eigenvalue weighted by Crippen LogP contribution is 2.33. The Hall–Kier alpha value is -2.16. The number of nitrogens with two attached hydrogens (primary N) is 1. The molecule has 2 aromatic rings. The molecule has 1 aliphatic heterocycles. The lowest BCUT2D eigenvalue weighted by atomic mass is 10.1. The summed E-state index contributed by atoms with van der Waals surface area (Å²) in [6.45, 7) is 6.74. The topological polar surface area (TPSA) is 38.5 Å². The van der Waals surface area contributed by atoms with Crippen LogP contribution in [0.15, 0.2) is 36.4 Å². The van der Waals surface area contributed by atoms with Gasteiger partial charge in [0.15, 0.2) is 0 Å². The number of anilines is 2. The zero-order valence-corrected chi connectivity index (χ0v) is 12.7. The van der Waals surface area contributed by atoms with Crippen LogP contribution in [0.25, 0.3) is 0 Å². The highest BCUT2D eigenvalue weighted by atomic mass is 16.5. The Morgan fingerprint density at radius 3 is 2.90 bits per heavy atom. The fourth-order valence-electron chi connectivity index (χ4n) is 2.92. The minimum absolute atomic E-state index is 0.679. The molecular formula is C18H22N2O. The molecule has 0 atom stereocenters. The van der Waals surface area contributed by atoms with E-state index in [0.29, 0.717) is 6.61 Å². The highest BCUT2D eigenvalue weighted by Gasteiger charge is 2.20. The fraction of sp³-hybridized carbons (Fsp3) is 0.333. The third kappa shape index (κ3) is 2.82. The van der Waals surface area contributed by atoms with Crippen LogP contribution >= 0.6 is 0 Å². The third-order valence-electron chi connectivity index (χ3n) is 4.08. The summed E-state index contributed by atoms with van der Waals surface area (Å²) >= 11 is 0. The van der Waals surface area contributed by atoms with Crippen molar-refractivity contribution < 1.29 is 4.74 Å². The van der Waals surface area contributed by atoms with Gasteiger partial charge in [-0.3, -0.25) is 0 Å². The second-order valence-corrected chi connectivity index (χ2v) is 5.71. The molecule has 1 heterocycles. The molecule has 0 aliphatic carbocycles. The van der Waals surface area contributed by atoms with Crippen molar-refractivity contribution in [2.45, 2.75) is 20.3 Å². The normalized spacial score (nSPS) is 13.3. The van der Waals surface area contributed by atoms with Crippen molar-refractivity contribution in [3.05, 3.63) is 53.1 Å². The van der Waals surface area contributed by atoms with E-state index in [1.807, 2.05) is 12.1 Å². The van der Waals surface area contributed by atoms with Gasteiger partial charge in [-0.15, -0.1) is 0 Å². The van der Waals surface area contributed by atoms with Gasteiger partial charge in [0, 0.05) is 6.54 Å². The van der Waals surface area contributed by atoms with E-state index in [9.17, 15) is 0 Å². The van der Waals surface area contributed by atoms with Crippen LogP contribution < -0.4 is 15.4 Å². The van der Waals surface area contributed by atoms with Crippen molar-refractivity contribution in [2.24, 2.45) is 0 Å². The number of para-hydroxylation sites is 1. The lowest BCUT2D eigenvalue weighted by molar-refractivity contribution is 0.322. The quantitative estimate of drug-likeness (QED) is 0.874. The van der Waals surface area contributed by atoms with E-state index in [1.165, 1.54) is 22.4 Å². The number of aryl methyl sites for hydroxylation is 2. The smallest absolute Gasteiger partial charge is 0.122 e. The van der Waals surface area contributed by atoms with Gasteiger partial charge in [0.2, 0.25) is 0 Å². The van der Waals surface area contributed by atoms with Crippen molar-refractivity contribution in [3.8, 4) is 5.75 Å². The van der Waals surface area contributed by atoms with E-state index >= 15 is 0 Å². The highest BCUT2D eigenvalue weighted by molar-refractivity contribution is 5.74. The minimum Gasteiger partial charge on any atom is -0.491 e. The molecule has 0 saturated heterocycles. The first-order valence-electron chi connectivity index (χ1n) is 7.47. The minimum atomic E-state index is 0.679. The maximum Gasteiger partial charge on any atom is 0.122 e. The van der Waals surface area contributed by atoms with Crippen LogP contribution in [0.5, 0.6) is 5.75 Å².